The molecule has 288 valence electrons. The minimum atomic E-state index is -2.00. The largest absolute Gasteiger partial charge is 0.508 e. The summed E-state index contributed by atoms with van der Waals surface area (Å²) in [5.41, 5.74) is -0.858. The smallest absolute Gasteiger partial charge is 0.330 e. The van der Waals surface area contributed by atoms with E-state index in [1.807, 2.05) is 0 Å². The number of rotatable bonds is 9. The lowest BCUT2D eigenvalue weighted by atomic mass is 9.97. The molecule has 3 aromatic carbocycles. The lowest BCUT2D eigenvalue weighted by Gasteiger charge is -2.45. The molecule has 4 aromatic rings. The Labute approximate surface area is 304 Å². The van der Waals surface area contributed by atoms with E-state index in [0.29, 0.717) is 5.56 Å². The zero-order chi connectivity index (χ0) is 39.0. The van der Waals surface area contributed by atoms with Crippen LogP contribution in [0, 0.1) is 0 Å². The van der Waals surface area contributed by atoms with Crippen LogP contribution in [0.25, 0.3) is 28.4 Å². The van der Waals surface area contributed by atoms with Gasteiger partial charge in [-0.25, -0.2) is 4.79 Å². The van der Waals surface area contributed by atoms with Gasteiger partial charge in [0.05, 0.1) is 6.10 Å². The number of aliphatic hydroxyl groups excluding tert-OH is 5. The lowest BCUT2D eigenvalue weighted by Crippen LogP contribution is -2.64. The van der Waals surface area contributed by atoms with Gasteiger partial charge < -0.3 is 79.2 Å². The minimum absolute atomic E-state index is 0.0198. The Kier molecular flexibility index (Phi) is 11.0. The second kappa shape index (κ2) is 15.5. The van der Waals surface area contributed by atoms with Crippen LogP contribution in [0.5, 0.6) is 34.5 Å². The third-order valence-electron chi connectivity index (χ3n) is 8.83. The molecule has 0 amide bonds. The van der Waals surface area contributed by atoms with E-state index in [0.717, 1.165) is 30.3 Å². The number of hydrogen-bond donors (Lipinski definition) is 10. The number of esters is 1. The van der Waals surface area contributed by atoms with Crippen molar-refractivity contribution in [3.63, 3.8) is 0 Å². The second-order valence-corrected chi connectivity index (χ2v) is 12.6. The number of benzene rings is 3. The highest BCUT2D eigenvalue weighted by Crippen LogP contribution is 2.40. The van der Waals surface area contributed by atoms with Crippen LogP contribution < -0.4 is 10.2 Å². The van der Waals surface area contributed by atoms with Crippen LogP contribution in [0.15, 0.2) is 69.9 Å². The average Bonchev–Trinajstić information content (AvgIpc) is 3.13. The standard InChI is InChI=1S/C36H36O18/c1-14-26(43)30(47)34(54-35-31(48)29(46)27(44)23(52-35)13-49-24(42)9-4-15-2-6-17(37)7-3-15)36(50-14)53-33-28(45)25-21(41)11-18(38)12-22(25)51-32(33)16-5-8-19(39)20(40)10-16/h2-12,14,23,26-27,29-31,34-41,43-44,46-48H,13H2,1H3/b9-4+. The monoisotopic (exact) mass is 756 g/mol. The number of fused-ring (bicyclic) bond motifs is 1. The number of aromatic hydroxyl groups is 5. The van der Waals surface area contributed by atoms with Gasteiger partial charge in [0.1, 0.15) is 71.4 Å². The summed E-state index contributed by atoms with van der Waals surface area (Å²) in [7, 11) is 0. The van der Waals surface area contributed by atoms with E-state index in [9.17, 15) is 60.7 Å². The van der Waals surface area contributed by atoms with E-state index in [2.05, 4.69) is 0 Å². The van der Waals surface area contributed by atoms with Crippen LogP contribution in [0.3, 0.4) is 0 Å². The topological polar surface area (TPSA) is 296 Å². The summed E-state index contributed by atoms with van der Waals surface area (Å²) in [6.07, 6.45) is -15.2. The SMILES string of the molecule is CC1OC(Oc2c(-c3ccc(O)c(O)c3)oc3cc(O)cc(O)c3c2=O)C(OC2OC(COC(=O)/C=C/c3ccc(O)cc3)C(O)C(O)C2O)C(O)C1O. The Morgan fingerprint density at radius 3 is 2.19 bits per heavy atom. The summed E-state index contributed by atoms with van der Waals surface area (Å²) in [5, 5.41) is 104. The van der Waals surface area contributed by atoms with Gasteiger partial charge in [-0.05, 0) is 48.9 Å². The molecule has 10 unspecified atom stereocenters. The maximum Gasteiger partial charge on any atom is 0.330 e. The number of ether oxygens (including phenoxy) is 5. The third kappa shape index (κ3) is 7.77. The van der Waals surface area contributed by atoms with Gasteiger partial charge in [-0.2, -0.15) is 0 Å². The molecule has 3 heterocycles. The van der Waals surface area contributed by atoms with Gasteiger partial charge >= 0.3 is 5.97 Å². The quantitative estimate of drug-likeness (QED) is 0.0623. The molecule has 2 aliphatic heterocycles. The van der Waals surface area contributed by atoms with Gasteiger partial charge in [0, 0.05) is 23.8 Å². The van der Waals surface area contributed by atoms with Crippen LogP contribution in [0.1, 0.15) is 12.5 Å². The van der Waals surface area contributed by atoms with Crippen molar-refractivity contribution in [1.29, 1.82) is 0 Å². The van der Waals surface area contributed by atoms with Crippen molar-refractivity contribution in [2.24, 2.45) is 0 Å². The molecule has 54 heavy (non-hydrogen) atoms. The summed E-state index contributed by atoms with van der Waals surface area (Å²) < 4.78 is 34.2. The zero-order valence-corrected chi connectivity index (χ0v) is 28.1. The van der Waals surface area contributed by atoms with Gasteiger partial charge in [0.15, 0.2) is 29.7 Å². The highest BCUT2D eigenvalue weighted by atomic mass is 16.8. The number of carbonyl (C=O) groups excluding carboxylic acids is 1. The summed E-state index contributed by atoms with van der Waals surface area (Å²) in [6, 6.07) is 11.1. The van der Waals surface area contributed by atoms with Crippen LogP contribution >= 0.6 is 0 Å². The first-order valence-electron chi connectivity index (χ1n) is 16.3. The molecule has 18 heteroatoms. The van der Waals surface area contributed by atoms with Gasteiger partial charge in [-0.15, -0.1) is 0 Å². The van der Waals surface area contributed by atoms with Crippen LogP contribution in [-0.4, -0.2) is 125 Å². The fraction of sp³-hybridized carbons (Fsp3) is 0.333. The van der Waals surface area contributed by atoms with E-state index < -0.39 is 119 Å². The Hall–Kier alpha value is -5.44. The molecule has 10 atom stereocenters. The van der Waals surface area contributed by atoms with E-state index in [4.69, 9.17) is 28.1 Å². The van der Waals surface area contributed by atoms with Crippen molar-refractivity contribution in [2.45, 2.75) is 68.3 Å². The fourth-order valence-electron chi connectivity index (χ4n) is 5.87. The predicted octanol–water partition coefficient (Wildman–Crippen LogP) is 0.283. The second-order valence-electron chi connectivity index (χ2n) is 12.6. The number of phenolic OH excluding ortho intramolecular Hbond substituents is 5. The van der Waals surface area contributed by atoms with E-state index in [-0.39, 0.29) is 16.9 Å². The summed E-state index contributed by atoms with van der Waals surface area (Å²) in [5.74, 6) is -4.31. The molecule has 0 spiro atoms. The Morgan fingerprint density at radius 2 is 1.48 bits per heavy atom. The van der Waals surface area contributed by atoms with Crippen molar-refractivity contribution in [3.8, 4) is 45.8 Å². The van der Waals surface area contributed by atoms with Crippen molar-refractivity contribution >= 4 is 23.0 Å². The third-order valence-corrected chi connectivity index (χ3v) is 8.83. The van der Waals surface area contributed by atoms with Crippen molar-refractivity contribution in [3.05, 3.63) is 76.5 Å². The molecule has 0 bridgehead atoms. The van der Waals surface area contributed by atoms with Crippen molar-refractivity contribution in [2.75, 3.05) is 6.61 Å². The van der Waals surface area contributed by atoms with Crippen LogP contribution in [-0.2, 0) is 23.7 Å². The number of carbonyl (C=O) groups is 1. The van der Waals surface area contributed by atoms with E-state index in [1.54, 1.807) is 0 Å². The number of phenols is 5. The Balaban J connectivity index is 1.28. The minimum Gasteiger partial charge on any atom is -0.508 e. The summed E-state index contributed by atoms with van der Waals surface area (Å²) in [4.78, 5) is 26.3. The Morgan fingerprint density at radius 1 is 0.759 bits per heavy atom. The number of aliphatic hydroxyl groups is 5. The van der Waals surface area contributed by atoms with Gasteiger partial charge in [-0.1, -0.05) is 12.1 Å². The molecule has 0 aliphatic carbocycles. The first-order valence-corrected chi connectivity index (χ1v) is 16.3. The maximum absolute atomic E-state index is 13.9. The molecular weight excluding hydrogens is 720 g/mol. The predicted molar refractivity (Wildman–Crippen MR) is 181 cm³/mol. The molecular formula is C36H36O18. The molecule has 1 aromatic heterocycles. The van der Waals surface area contributed by atoms with Gasteiger partial charge in [-0.3, -0.25) is 4.79 Å². The molecule has 18 nitrogen and oxygen atoms in total. The first kappa shape index (κ1) is 38.3. The first-order chi connectivity index (χ1) is 25.6. The highest BCUT2D eigenvalue weighted by molar-refractivity contribution is 5.88. The normalized spacial score (nSPS) is 28.6. The maximum atomic E-state index is 13.9. The number of hydrogen-bond acceptors (Lipinski definition) is 18. The van der Waals surface area contributed by atoms with Crippen LogP contribution in [0.2, 0.25) is 0 Å². The van der Waals surface area contributed by atoms with Gasteiger partial charge in [0.25, 0.3) is 0 Å². The molecule has 2 saturated heterocycles. The van der Waals surface area contributed by atoms with Gasteiger partial charge in [0.2, 0.25) is 17.5 Å². The summed E-state index contributed by atoms with van der Waals surface area (Å²) in [6.45, 7) is 0.691. The molecule has 6 rings (SSSR count). The lowest BCUT2D eigenvalue weighted by molar-refractivity contribution is -0.355. The molecule has 2 fully saturated rings. The average molecular weight is 757 g/mol. The summed E-state index contributed by atoms with van der Waals surface area (Å²) >= 11 is 0. The van der Waals surface area contributed by atoms with Crippen molar-refractivity contribution in [1.82, 2.24) is 0 Å². The Bertz CT molecular complexity index is 2080. The van der Waals surface area contributed by atoms with E-state index in [1.165, 1.54) is 43.3 Å². The fourth-order valence-corrected chi connectivity index (χ4v) is 5.87. The molecule has 0 radical (unpaired) electrons. The zero-order valence-electron chi connectivity index (χ0n) is 28.1. The van der Waals surface area contributed by atoms with Crippen molar-refractivity contribution < 1.29 is 84.0 Å². The molecule has 0 saturated carbocycles. The molecule has 2 aliphatic rings. The molecule has 10 N–H and O–H groups in total. The highest BCUT2D eigenvalue weighted by Gasteiger charge is 2.51. The van der Waals surface area contributed by atoms with E-state index >= 15 is 0 Å². The van der Waals surface area contributed by atoms with Crippen LogP contribution in [0.4, 0.5) is 0 Å².